The summed E-state index contributed by atoms with van der Waals surface area (Å²) in [5.41, 5.74) is 2.34. The lowest BCUT2D eigenvalue weighted by Crippen LogP contribution is -2.31. The van der Waals surface area contributed by atoms with Crippen molar-refractivity contribution in [1.82, 2.24) is 14.9 Å². The van der Waals surface area contributed by atoms with Crippen LogP contribution in [0.25, 0.3) is 0 Å². The maximum absolute atomic E-state index is 5.87. The molecule has 0 radical (unpaired) electrons. The highest BCUT2D eigenvalue weighted by Crippen LogP contribution is 2.33. The van der Waals surface area contributed by atoms with Gasteiger partial charge in [-0.3, -0.25) is 4.90 Å². The summed E-state index contributed by atoms with van der Waals surface area (Å²) in [5.74, 6) is 2.57. The Kier molecular flexibility index (Phi) is 5.84. The molecule has 0 bridgehead atoms. The number of benzene rings is 1. The van der Waals surface area contributed by atoms with Crippen LogP contribution in [0.2, 0.25) is 0 Å². The fraction of sp³-hybridized carbons (Fsp3) is 0.524. The van der Waals surface area contributed by atoms with Gasteiger partial charge in [0.1, 0.15) is 5.82 Å². The second-order valence-electron chi connectivity index (χ2n) is 7.25. The molecule has 0 aliphatic carbocycles. The van der Waals surface area contributed by atoms with Gasteiger partial charge in [0, 0.05) is 50.6 Å². The van der Waals surface area contributed by atoms with Crippen molar-refractivity contribution >= 4 is 0 Å². The Bertz CT molecular complexity index is 745. The molecular weight excluding hydrogens is 342 g/mol. The first-order chi connectivity index (χ1) is 13.3. The van der Waals surface area contributed by atoms with E-state index in [0.29, 0.717) is 12.9 Å². The highest BCUT2D eigenvalue weighted by molar-refractivity contribution is 5.44. The maximum atomic E-state index is 5.87. The number of fused-ring (bicyclic) bond motifs is 1. The molecule has 1 aromatic carbocycles. The highest BCUT2D eigenvalue weighted by atomic mass is 16.7. The SMILES string of the molecule is CCCc1ncc(CN(Cc2ccc3c(c2)OCO3)C[C@H]2CCCO2)cn1. The number of nitrogens with zero attached hydrogens (tertiary/aromatic N) is 3. The first-order valence-electron chi connectivity index (χ1n) is 9.82. The highest BCUT2D eigenvalue weighted by Gasteiger charge is 2.21. The fourth-order valence-electron chi connectivity index (χ4n) is 3.63. The van der Waals surface area contributed by atoms with E-state index in [0.717, 1.165) is 74.8 Å². The van der Waals surface area contributed by atoms with E-state index in [-0.39, 0.29) is 0 Å². The van der Waals surface area contributed by atoms with Crippen LogP contribution in [-0.2, 0) is 24.2 Å². The molecular formula is C21H27N3O3. The summed E-state index contributed by atoms with van der Waals surface area (Å²) in [4.78, 5) is 11.4. The van der Waals surface area contributed by atoms with Crippen LogP contribution in [0.3, 0.4) is 0 Å². The molecule has 2 aliphatic heterocycles. The van der Waals surface area contributed by atoms with Crippen LogP contribution in [-0.4, -0.2) is 40.9 Å². The van der Waals surface area contributed by atoms with Crippen molar-refractivity contribution in [3.8, 4) is 11.5 Å². The van der Waals surface area contributed by atoms with Gasteiger partial charge in [-0.25, -0.2) is 9.97 Å². The minimum Gasteiger partial charge on any atom is -0.454 e. The zero-order valence-electron chi connectivity index (χ0n) is 15.9. The van der Waals surface area contributed by atoms with Crippen molar-refractivity contribution in [1.29, 1.82) is 0 Å². The van der Waals surface area contributed by atoms with Gasteiger partial charge in [-0.15, -0.1) is 0 Å². The van der Waals surface area contributed by atoms with Gasteiger partial charge < -0.3 is 14.2 Å². The average molecular weight is 369 g/mol. The molecule has 1 aromatic heterocycles. The lowest BCUT2D eigenvalue weighted by molar-refractivity contribution is 0.0678. The van der Waals surface area contributed by atoms with E-state index in [1.54, 1.807) is 0 Å². The Morgan fingerprint density at radius 1 is 1.07 bits per heavy atom. The molecule has 0 saturated carbocycles. The van der Waals surface area contributed by atoms with Gasteiger partial charge in [-0.05, 0) is 37.0 Å². The molecule has 6 nitrogen and oxygen atoms in total. The lowest BCUT2D eigenvalue weighted by Gasteiger charge is -2.25. The number of hydrogen-bond donors (Lipinski definition) is 0. The van der Waals surface area contributed by atoms with Crippen LogP contribution in [0.1, 0.15) is 43.1 Å². The Morgan fingerprint density at radius 2 is 1.89 bits per heavy atom. The standard InChI is InChI=1S/C21H27N3O3/c1-2-4-21-22-10-17(11-23-21)13-24(14-18-5-3-8-25-18)12-16-6-7-19-20(9-16)27-15-26-19/h6-7,9-11,18H,2-5,8,12-15H2,1H3/t18-/m1/s1. The topological polar surface area (TPSA) is 56.7 Å². The Balaban J connectivity index is 1.46. The predicted octanol–water partition coefficient (Wildman–Crippen LogP) is 3.34. The third-order valence-corrected chi connectivity index (χ3v) is 4.97. The summed E-state index contributed by atoms with van der Waals surface area (Å²) in [6.07, 6.45) is 8.49. The summed E-state index contributed by atoms with van der Waals surface area (Å²) in [5, 5.41) is 0. The Morgan fingerprint density at radius 3 is 2.67 bits per heavy atom. The summed E-state index contributed by atoms with van der Waals surface area (Å²) in [7, 11) is 0. The van der Waals surface area contributed by atoms with Gasteiger partial charge in [0.05, 0.1) is 6.10 Å². The summed E-state index contributed by atoms with van der Waals surface area (Å²) in [6, 6.07) is 6.17. The van der Waals surface area contributed by atoms with Crippen molar-refractivity contribution in [3.05, 3.63) is 47.5 Å². The number of aryl methyl sites for hydroxylation is 1. The molecule has 0 spiro atoms. The first kappa shape index (κ1) is 18.2. The maximum Gasteiger partial charge on any atom is 0.231 e. The van der Waals surface area contributed by atoms with E-state index < -0.39 is 0 Å². The van der Waals surface area contributed by atoms with E-state index in [2.05, 4.69) is 33.9 Å². The molecule has 4 rings (SSSR count). The van der Waals surface area contributed by atoms with Crippen LogP contribution >= 0.6 is 0 Å². The lowest BCUT2D eigenvalue weighted by atomic mass is 10.1. The molecule has 0 amide bonds. The minimum atomic E-state index is 0.305. The second kappa shape index (κ2) is 8.67. The summed E-state index contributed by atoms with van der Waals surface area (Å²) in [6.45, 7) is 5.86. The predicted molar refractivity (Wildman–Crippen MR) is 102 cm³/mol. The molecule has 0 unspecified atom stereocenters. The summed E-state index contributed by atoms with van der Waals surface area (Å²) < 4.78 is 16.8. The molecule has 6 heteroatoms. The zero-order chi connectivity index (χ0) is 18.5. The van der Waals surface area contributed by atoms with Crippen molar-refractivity contribution in [3.63, 3.8) is 0 Å². The van der Waals surface area contributed by atoms with Crippen molar-refractivity contribution in [2.45, 2.75) is 51.8 Å². The number of ether oxygens (including phenoxy) is 3. The molecule has 3 heterocycles. The number of rotatable bonds is 8. The summed E-state index contributed by atoms with van der Waals surface area (Å²) >= 11 is 0. The monoisotopic (exact) mass is 369 g/mol. The third-order valence-electron chi connectivity index (χ3n) is 4.97. The van der Waals surface area contributed by atoms with Crippen molar-refractivity contribution in [2.24, 2.45) is 0 Å². The van der Waals surface area contributed by atoms with Crippen LogP contribution in [0.5, 0.6) is 11.5 Å². The van der Waals surface area contributed by atoms with Gasteiger partial charge in [0.2, 0.25) is 6.79 Å². The largest absolute Gasteiger partial charge is 0.454 e. The molecule has 2 aliphatic rings. The van der Waals surface area contributed by atoms with E-state index in [9.17, 15) is 0 Å². The number of aromatic nitrogens is 2. The van der Waals surface area contributed by atoms with Crippen LogP contribution in [0.4, 0.5) is 0 Å². The van der Waals surface area contributed by atoms with Gasteiger partial charge >= 0.3 is 0 Å². The fourth-order valence-corrected chi connectivity index (χ4v) is 3.63. The van der Waals surface area contributed by atoms with E-state index in [1.165, 1.54) is 5.56 Å². The molecule has 1 atom stereocenters. The minimum absolute atomic E-state index is 0.305. The van der Waals surface area contributed by atoms with Crippen LogP contribution in [0.15, 0.2) is 30.6 Å². The smallest absolute Gasteiger partial charge is 0.231 e. The molecule has 27 heavy (non-hydrogen) atoms. The van der Waals surface area contributed by atoms with Crippen LogP contribution in [0, 0.1) is 0 Å². The Hall–Kier alpha value is -2.18. The first-order valence-corrected chi connectivity index (χ1v) is 9.82. The molecule has 2 aromatic rings. The van der Waals surface area contributed by atoms with E-state index >= 15 is 0 Å². The second-order valence-corrected chi connectivity index (χ2v) is 7.25. The third kappa shape index (κ3) is 4.76. The van der Waals surface area contributed by atoms with Crippen LogP contribution < -0.4 is 9.47 Å². The zero-order valence-corrected chi connectivity index (χ0v) is 15.9. The average Bonchev–Trinajstić information content (AvgIpc) is 3.35. The van der Waals surface area contributed by atoms with Gasteiger partial charge in [0.25, 0.3) is 0 Å². The molecule has 1 saturated heterocycles. The number of hydrogen-bond acceptors (Lipinski definition) is 6. The normalized spacial score (nSPS) is 18.4. The van der Waals surface area contributed by atoms with Gasteiger partial charge in [-0.2, -0.15) is 0 Å². The van der Waals surface area contributed by atoms with E-state index in [1.807, 2.05) is 18.5 Å². The molecule has 144 valence electrons. The van der Waals surface area contributed by atoms with Crippen molar-refractivity contribution < 1.29 is 14.2 Å². The van der Waals surface area contributed by atoms with Crippen molar-refractivity contribution in [2.75, 3.05) is 19.9 Å². The Labute approximate surface area is 160 Å². The molecule has 1 fully saturated rings. The quantitative estimate of drug-likeness (QED) is 0.711. The van der Waals surface area contributed by atoms with Gasteiger partial charge in [0.15, 0.2) is 11.5 Å². The van der Waals surface area contributed by atoms with Gasteiger partial charge in [-0.1, -0.05) is 13.0 Å². The molecule has 0 N–H and O–H groups in total. The van der Waals surface area contributed by atoms with E-state index in [4.69, 9.17) is 14.2 Å².